The molecule has 1 aliphatic rings. The van der Waals surface area contributed by atoms with Crippen LogP contribution in [-0.2, 0) is 4.79 Å². The molecule has 9 heteroatoms. The van der Waals surface area contributed by atoms with Crippen LogP contribution in [0.4, 0.5) is 17.2 Å². The van der Waals surface area contributed by atoms with Crippen LogP contribution in [0.5, 0.6) is 5.75 Å². The molecule has 3 heterocycles. The third-order valence-corrected chi connectivity index (χ3v) is 5.10. The van der Waals surface area contributed by atoms with Gasteiger partial charge in [0.2, 0.25) is 0 Å². The number of anilines is 3. The van der Waals surface area contributed by atoms with Crippen molar-refractivity contribution in [2.45, 2.75) is 0 Å². The topological polar surface area (TPSA) is 107 Å². The predicted octanol–water partition coefficient (Wildman–Crippen LogP) is 4.04. The van der Waals surface area contributed by atoms with Gasteiger partial charge in [-0.05, 0) is 42.5 Å². The number of hydrogen-bond donors (Lipinski definition) is 3. The molecule has 2 aromatic carbocycles. The van der Waals surface area contributed by atoms with E-state index in [-0.39, 0.29) is 12.5 Å². The summed E-state index contributed by atoms with van der Waals surface area (Å²) in [6.45, 7) is 0.00172. The Balaban J connectivity index is 1.66. The van der Waals surface area contributed by atoms with Crippen LogP contribution in [0, 0.1) is 11.3 Å². The lowest BCUT2D eigenvalue weighted by Crippen LogP contribution is -2.25. The van der Waals surface area contributed by atoms with Crippen LogP contribution in [-0.4, -0.2) is 27.1 Å². The zero-order valence-electron chi connectivity index (χ0n) is 14.9. The van der Waals surface area contributed by atoms with E-state index in [1.165, 1.54) is 0 Å². The molecule has 4 aromatic rings. The third kappa shape index (κ3) is 2.99. The molecule has 0 spiro atoms. The minimum absolute atomic E-state index is 0.00172. The fraction of sp³-hybridized carbons (Fsp3) is 0.0500. The third-order valence-electron chi connectivity index (χ3n) is 4.57. The highest BCUT2D eigenvalue weighted by Gasteiger charge is 2.21. The summed E-state index contributed by atoms with van der Waals surface area (Å²) >= 11 is 3.43. The monoisotopic (exact) mass is 448 g/mol. The second-order valence-electron chi connectivity index (χ2n) is 6.45. The van der Waals surface area contributed by atoms with Gasteiger partial charge in [0.25, 0.3) is 5.91 Å². The van der Waals surface area contributed by atoms with Crippen molar-refractivity contribution >= 4 is 44.7 Å². The van der Waals surface area contributed by atoms with Gasteiger partial charge in [-0.15, -0.1) is 0 Å². The first kappa shape index (κ1) is 17.3. The maximum absolute atomic E-state index is 11.7. The fourth-order valence-corrected chi connectivity index (χ4v) is 3.48. The number of nitriles is 1. The quantitative estimate of drug-likeness (QED) is 0.438. The Kier molecular flexibility index (Phi) is 4.00. The smallest absolute Gasteiger partial charge is 0.262 e. The minimum Gasteiger partial charge on any atom is -0.482 e. The van der Waals surface area contributed by atoms with Crippen molar-refractivity contribution in [2.24, 2.45) is 0 Å². The number of aromatic nitrogens is 3. The molecule has 0 bridgehead atoms. The molecule has 0 radical (unpaired) electrons. The van der Waals surface area contributed by atoms with E-state index < -0.39 is 0 Å². The first-order chi connectivity index (χ1) is 14.1. The predicted molar refractivity (Wildman–Crippen MR) is 111 cm³/mol. The number of aromatic amines is 1. The molecule has 142 valence electrons. The number of halogens is 1. The highest BCUT2D eigenvalue weighted by atomic mass is 79.9. The zero-order chi connectivity index (χ0) is 20.0. The normalized spacial score (nSPS) is 12.8. The largest absolute Gasteiger partial charge is 0.482 e. The van der Waals surface area contributed by atoms with E-state index in [2.05, 4.69) is 42.7 Å². The SMILES string of the molecule is N#Cc1c[nH]n2c(Nc3ccc(Br)cc3)c(-c3ccc4c(c3)NC(=O)CO4)nc12. The molecule has 0 unspecified atom stereocenters. The van der Waals surface area contributed by atoms with Gasteiger partial charge in [0.1, 0.15) is 23.1 Å². The lowest BCUT2D eigenvalue weighted by molar-refractivity contribution is -0.118. The molecule has 8 nitrogen and oxygen atoms in total. The first-order valence-corrected chi connectivity index (χ1v) is 9.51. The first-order valence-electron chi connectivity index (χ1n) is 8.72. The average Bonchev–Trinajstić information content (AvgIpc) is 3.29. The van der Waals surface area contributed by atoms with Gasteiger partial charge in [-0.25, -0.2) is 9.50 Å². The number of benzene rings is 2. The van der Waals surface area contributed by atoms with Crippen molar-refractivity contribution in [3.8, 4) is 23.1 Å². The molecule has 1 amide bonds. The van der Waals surface area contributed by atoms with Crippen LogP contribution < -0.4 is 15.4 Å². The van der Waals surface area contributed by atoms with E-state index >= 15 is 0 Å². The van der Waals surface area contributed by atoms with Gasteiger partial charge in [-0.2, -0.15) is 5.26 Å². The summed E-state index contributed by atoms with van der Waals surface area (Å²) in [4.78, 5) is 16.4. The maximum Gasteiger partial charge on any atom is 0.262 e. The van der Waals surface area contributed by atoms with Crippen LogP contribution in [0.2, 0.25) is 0 Å². The second kappa shape index (κ2) is 6.68. The fourth-order valence-electron chi connectivity index (χ4n) is 3.22. The number of imidazole rings is 1. The molecule has 5 rings (SSSR count). The number of fused-ring (bicyclic) bond motifs is 2. The van der Waals surface area contributed by atoms with Crippen molar-refractivity contribution in [1.29, 1.82) is 5.26 Å². The minimum atomic E-state index is -0.202. The number of nitrogens with zero attached hydrogens (tertiary/aromatic N) is 3. The highest BCUT2D eigenvalue weighted by molar-refractivity contribution is 9.10. The summed E-state index contributed by atoms with van der Waals surface area (Å²) < 4.78 is 8.13. The number of carbonyl (C=O) groups excluding carboxylic acids is 1. The number of amides is 1. The Hall–Kier alpha value is -3.77. The molecule has 29 heavy (non-hydrogen) atoms. The van der Waals surface area contributed by atoms with E-state index in [4.69, 9.17) is 4.74 Å². The van der Waals surface area contributed by atoms with Gasteiger partial charge in [0.15, 0.2) is 18.1 Å². The summed E-state index contributed by atoms with van der Waals surface area (Å²) in [6.07, 6.45) is 1.61. The summed E-state index contributed by atoms with van der Waals surface area (Å²) in [5, 5.41) is 18.6. The van der Waals surface area contributed by atoms with E-state index in [0.717, 1.165) is 15.7 Å². The van der Waals surface area contributed by atoms with Gasteiger partial charge < -0.3 is 15.4 Å². The second-order valence-corrected chi connectivity index (χ2v) is 7.36. The van der Waals surface area contributed by atoms with Crippen molar-refractivity contribution in [3.63, 3.8) is 0 Å². The number of ether oxygens (including phenoxy) is 1. The van der Waals surface area contributed by atoms with Crippen molar-refractivity contribution < 1.29 is 9.53 Å². The molecule has 3 N–H and O–H groups in total. The Morgan fingerprint density at radius 2 is 2.07 bits per heavy atom. The van der Waals surface area contributed by atoms with Gasteiger partial charge in [-0.1, -0.05) is 15.9 Å². The van der Waals surface area contributed by atoms with Crippen LogP contribution in [0.15, 0.2) is 53.1 Å². The Morgan fingerprint density at radius 1 is 1.24 bits per heavy atom. The van der Waals surface area contributed by atoms with Crippen molar-refractivity contribution in [3.05, 3.63) is 58.7 Å². The van der Waals surface area contributed by atoms with E-state index in [1.807, 2.05) is 36.4 Å². The van der Waals surface area contributed by atoms with Crippen LogP contribution >= 0.6 is 15.9 Å². The molecule has 2 aromatic heterocycles. The van der Waals surface area contributed by atoms with Gasteiger partial charge in [0, 0.05) is 21.9 Å². The molecule has 0 saturated carbocycles. The summed E-state index contributed by atoms with van der Waals surface area (Å²) in [5.74, 6) is 1.08. The molecule has 0 fully saturated rings. The highest BCUT2D eigenvalue weighted by Crippen LogP contribution is 2.37. The summed E-state index contributed by atoms with van der Waals surface area (Å²) in [7, 11) is 0. The molecular formula is C20H13BrN6O2. The number of H-pyrrole nitrogens is 1. The van der Waals surface area contributed by atoms with Crippen LogP contribution in [0.3, 0.4) is 0 Å². The van der Waals surface area contributed by atoms with E-state index in [1.54, 1.807) is 16.8 Å². The molecular weight excluding hydrogens is 436 g/mol. The Morgan fingerprint density at radius 3 is 2.86 bits per heavy atom. The lowest BCUT2D eigenvalue weighted by atomic mass is 10.1. The average molecular weight is 449 g/mol. The number of hydrogen-bond acceptors (Lipinski definition) is 5. The van der Waals surface area contributed by atoms with Gasteiger partial charge >= 0.3 is 0 Å². The van der Waals surface area contributed by atoms with E-state index in [0.29, 0.717) is 34.2 Å². The summed E-state index contributed by atoms with van der Waals surface area (Å²) in [5.41, 5.74) is 3.81. The lowest BCUT2D eigenvalue weighted by Gasteiger charge is -2.18. The number of rotatable bonds is 3. The maximum atomic E-state index is 11.7. The van der Waals surface area contributed by atoms with Crippen LogP contribution in [0.1, 0.15) is 5.56 Å². The van der Waals surface area contributed by atoms with Gasteiger partial charge in [-0.3, -0.25) is 9.89 Å². The van der Waals surface area contributed by atoms with Gasteiger partial charge in [0.05, 0.1) is 5.69 Å². The molecule has 0 aliphatic carbocycles. The van der Waals surface area contributed by atoms with Crippen molar-refractivity contribution in [2.75, 3.05) is 17.2 Å². The Labute approximate surface area is 173 Å². The standard InChI is InChI=1S/C20H13BrN6O2/c21-13-2-4-14(5-3-13)24-20-18(26-19-12(8-22)9-23-27(19)20)11-1-6-16-15(7-11)25-17(28)10-29-16/h1-7,9,23-24H,10H2,(H,25,28). The molecule has 0 atom stereocenters. The Bertz CT molecular complexity index is 1300. The molecule has 1 aliphatic heterocycles. The summed E-state index contributed by atoms with van der Waals surface area (Å²) in [6, 6.07) is 15.4. The van der Waals surface area contributed by atoms with Crippen molar-refractivity contribution in [1.82, 2.24) is 14.6 Å². The number of nitrogens with one attached hydrogen (secondary N) is 3. The zero-order valence-corrected chi connectivity index (χ0v) is 16.4. The van der Waals surface area contributed by atoms with E-state index in [9.17, 15) is 10.1 Å². The van der Waals surface area contributed by atoms with Crippen LogP contribution in [0.25, 0.3) is 16.9 Å². The number of carbonyl (C=O) groups is 1. The molecule has 0 saturated heterocycles.